The van der Waals surface area contributed by atoms with E-state index in [9.17, 15) is 0 Å². The van der Waals surface area contributed by atoms with Crippen LogP contribution in [0.25, 0.3) is 11.0 Å². The number of anilines is 1. The summed E-state index contributed by atoms with van der Waals surface area (Å²) in [6.45, 7) is 0.466. The molecular weight excluding hydrogens is 262 g/mol. The van der Waals surface area contributed by atoms with E-state index in [0.29, 0.717) is 6.54 Å². The summed E-state index contributed by atoms with van der Waals surface area (Å²) in [6, 6.07) is 15.8. The minimum atomic E-state index is -0.317. The molecule has 0 aliphatic carbocycles. The summed E-state index contributed by atoms with van der Waals surface area (Å²) >= 11 is 0. The Morgan fingerprint density at radius 1 is 1.19 bits per heavy atom. The first-order valence-electron chi connectivity index (χ1n) is 6.77. The van der Waals surface area contributed by atoms with E-state index in [4.69, 9.17) is 11.2 Å². The Bertz CT molecular complexity index is 835. The summed E-state index contributed by atoms with van der Waals surface area (Å²) in [5, 5.41) is 3.34. The van der Waals surface area contributed by atoms with Crippen LogP contribution in [0.4, 0.5) is 5.69 Å². The number of fused-ring (bicyclic) bond motifs is 2. The van der Waals surface area contributed by atoms with Crippen LogP contribution in [0.3, 0.4) is 0 Å². The predicted molar refractivity (Wildman–Crippen MR) is 82.0 cm³/mol. The van der Waals surface area contributed by atoms with Gasteiger partial charge in [0.05, 0.1) is 23.3 Å². The molecule has 102 valence electrons. The van der Waals surface area contributed by atoms with Gasteiger partial charge in [0.15, 0.2) is 5.82 Å². The molecule has 0 radical (unpaired) electrons. The van der Waals surface area contributed by atoms with Gasteiger partial charge in [-0.3, -0.25) is 0 Å². The molecule has 2 heterocycles. The monoisotopic (exact) mass is 275 g/mol. The van der Waals surface area contributed by atoms with Gasteiger partial charge in [0.1, 0.15) is 5.75 Å². The van der Waals surface area contributed by atoms with Crippen molar-refractivity contribution in [3.8, 4) is 18.1 Å². The first kappa shape index (κ1) is 11.9. The van der Waals surface area contributed by atoms with E-state index in [1.54, 1.807) is 0 Å². The lowest BCUT2D eigenvalue weighted by Crippen LogP contribution is -2.16. The first-order chi connectivity index (χ1) is 10.4. The first-order valence-corrected chi connectivity index (χ1v) is 6.77. The lowest BCUT2D eigenvalue weighted by Gasteiger charge is -2.12. The van der Waals surface area contributed by atoms with E-state index < -0.39 is 0 Å². The number of hydrogen-bond acceptors (Lipinski definition) is 3. The molecule has 1 atom stereocenters. The van der Waals surface area contributed by atoms with Gasteiger partial charge in [-0.1, -0.05) is 30.2 Å². The van der Waals surface area contributed by atoms with Crippen LogP contribution in [0.5, 0.6) is 5.75 Å². The largest absolute Gasteiger partial charge is 0.461 e. The fourth-order valence-corrected chi connectivity index (χ4v) is 2.66. The van der Waals surface area contributed by atoms with Crippen LogP contribution in [0, 0.1) is 12.3 Å². The lowest BCUT2D eigenvalue weighted by atomic mass is 10.3. The zero-order chi connectivity index (χ0) is 14.2. The fraction of sp³-hybridized carbons (Fsp3) is 0.118. The molecule has 0 amide bonds. The van der Waals surface area contributed by atoms with Gasteiger partial charge in [0, 0.05) is 0 Å². The van der Waals surface area contributed by atoms with Crippen LogP contribution in [-0.4, -0.2) is 9.55 Å². The van der Waals surface area contributed by atoms with Gasteiger partial charge in [0.25, 0.3) is 0 Å². The molecule has 0 fully saturated rings. The highest BCUT2D eigenvalue weighted by Crippen LogP contribution is 2.37. The molecule has 1 aliphatic heterocycles. The van der Waals surface area contributed by atoms with Gasteiger partial charge < -0.3 is 14.6 Å². The third kappa shape index (κ3) is 1.83. The fourth-order valence-electron chi connectivity index (χ4n) is 2.66. The van der Waals surface area contributed by atoms with Crippen molar-refractivity contribution in [1.82, 2.24) is 9.55 Å². The third-order valence-electron chi connectivity index (χ3n) is 3.59. The van der Waals surface area contributed by atoms with Crippen molar-refractivity contribution in [2.45, 2.75) is 12.8 Å². The Morgan fingerprint density at radius 3 is 2.86 bits per heavy atom. The van der Waals surface area contributed by atoms with Crippen LogP contribution in [0.2, 0.25) is 0 Å². The number of para-hydroxylation sites is 4. The van der Waals surface area contributed by atoms with E-state index in [1.807, 2.05) is 53.1 Å². The Kier molecular flexibility index (Phi) is 2.58. The molecule has 3 aromatic rings. The van der Waals surface area contributed by atoms with E-state index >= 15 is 0 Å². The number of nitrogens with zero attached hydrogens (tertiary/aromatic N) is 2. The Hall–Kier alpha value is -2.93. The predicted octanol–water partition coefficient (Wildman–Crippen LogP) is 3.17. The number of rotatable bonds is 2. The van der Waals surface area contributed by atoms with Crippen molar-refractivity contribution in [1.29, 1.82) is 0 Å². The van der Waals surface area contributed by atoms with Crippen molar-refractivity contribution < 1.29 is 4.74 Å². The number of ether oxygens (including phenoxy) is 1. The molecule has 1 unspecified atom stereocenters. The summed E-state index contributed by atoms with van der Waals surface area (Å²) in [4.78, 5) is 4.68. The van der Waals surface area contributed by atoms with E-state index in [-0.39, 0.29) is 6.23 Å². The van der Waals surface area contributed by atoms with Crippen molar-refractivity contribution in [3.63, 3.8) is 0 Å². The molecule has 0 bridgehead atoms. The number of benzene rings is 2. The molecule has 0 saturated heterocycles. The normalized spacial score (nSPS) is 16.0. The minimum Gasteiger partial charge on any atom is -0.461 e. The zero-order valence-electron chi connectivity index (χ0n) is 11.3. The molecule has 0 spiro atoms. The van der Waals surface area contributed by atoms with Gasteiger partial charge in [-0.25, -0.2) is 4.98 Å². The molecule has 1 aliphatic rings. The van der Waals surface area contributed by atoms with Gasteiger partial charge in [-0.15, -0.1) is 6.42 Å². The highest BCUT2D eigenvalue weighted by atomic mass is 16.5. The highest BCUT2D eigenvalue weighted by Gasteiger charge is 2.27. The Balaban J connectivity index is 1.81. The number of aromatic nitrogens is 2. The average molecular weight is 275 g/mol. The summed E-state index contributed by atoms with van der Waals surface area (Å²) in [5.74, 6) is 4.32. The molecule has 1 N–H and O–H groups in total. The number of terminal acetylenes is 1. The maximum absolute atomic E-state index is 5.95. The van der Waals surface area contributed by atoms with E-state index in [1.165, 1.54) is 0 Å². The molecule has 4 heteroatoms. The van der Waals surface area contributed by atoms with Crippen molar-refractivity contribution in [3.05, 3.63) is 54.4 Å². The maximum atomic E-state index is 5.95. The molecule has 21 heavy (non-hydrogen) atoms. The molecule has 4 nitrogen and oxygen atoms in total. The average Bonchev–Trinajstić information content (AvgIpc) is 3.09. The molecule has 4 rings (SSSR count). The second kappa shape index (κ2) is 4.57. The standard InChI is InChI=1S/C17H13N3O/c1-2-11-20-14-9-5-3-7-12(14)18-16(20)17-19-13-8-4-6-10-15(13)21-17/h1,3-10,17,19H,11H2. The maximum Gasteiger partial charge on any atom is 0.229 e. The second-order valence-electron chi connectivity index (χ2n) is 4.89. The number of nitrogens with one attached hydrogen (secondary N) is 1. The van der Waals surface area contributed by atoms with Gasteiger partial charge in [0.2, 0.25) is 6.23 Å². The molecule has 1 aromatic heterocycles. The zero-order valence-corrected chi connectivity index (χ0v) is 11.3. The second-order valence-corrected chi connectivity index (χ2v) is 4.89. The SMILES string of the molecule is C#CCn1c(C2Nc3ccccc3O2)nc2ccccc21. The lowest BCUT2D eigenvalue weighted by molar-refractivity contribution is 0.244. The van der Waals surface area contributed by atoms with E-state index in [0.717, 1.165) is 28.3 Å². The Morgan fingerprint density at radius 2 is 2.00 bits per heavy atom. The van der Waals surface area contributed by atoms with Crippen LogP contribution in [0.1, 0.15) is 12.1 Å². The smallest absolute Gasteiger partial charge is 0.229 e. The summed E-state index contributed by atoms with van der Waals surface area (Å²) < 4.78 is 7.96. The third-order valence-corrected chi connectivity index (χ3v) is 3.59. The van der Waals surface area contributed by atoms with Crippen LogP contribution >= 0.6 is 0 Å². The van der Waals surface area contributed by atoms with Crippen molar-refractivity contribution in [2.75, 3.05) is 5.32 Å². The van der Waals surface area contributed by atoms with Crippen LogP contribution in [0.15, 0.2) is 48.5 Å². The van der Waals surface area contributed by atoms with E-state index in [2.05, 4.69) is 16.2 Å². The Labute approximate surface area is 122 Å². The van der Waals surface area contributed by atoms with Crippen LogP contribution < -0.4 is 10.1 Å². The summed E-state index contributed by atoms with van der Waals surface area (Å²) in [7, 11) is 0. The highest BCUT2D eigenvalue weighted by molar-refractivity contribution is 5.76. The molecule has 0 saturated carbocycles. The van der Waals surface area contributed by atoms with Gasteiger partial charge in [-0.2, -0.15) is 0 Å². The van der Waals surface area contributed by atoms with Gasteiger partial charge >= 0.3 is 0 Å². The number of hydrogen-bond donors (Lipinski definition) is 1. The molecular formula is C17H13N3O. The van der Waals surface area contributed by atoms with Crippen molar-refractivity contribution in [2.24, 2.45) is 0 Å². The quantitative estimate of drug-likeness (QED) is 0.730. The van der Waals surface area contributed by atoms with Gasteiger partial charge in [-0.05, 0) is 24.3 Å². The topological polar surface area (TPSA) is 39.1 Å². The minimum absolute atomic E-state index is 0.317. The molecule has 2 aromatic carbocycles. The summed E-state index contributed by atoms with van der Waals surface area (Å²) in [6.07, 6.45) is 5.19. The number of imidazole rings is 1. The van der Waals surface area contributed by atoms with Crippen molar-refractivity contribution >= 4 is 16.7 Å². The van der Waals surface area contributed by atoms with Crippen LogP contribution in [-0.2, 0) is 6.54 Å². The summed E-state index contributed by atoms with van der Waals surface area (Å²) in [5.41, 5.74) is 2.91.